The molecule has 2 aliphatic heterocycles. The number of alkyl halides is 3. The number of carboxylic acids is 2. The molecule has 0 aromatic heterocycles. The third-order valence-corrected chi connectivity index (χ3v) is 6.00. The lowest BCUT2D eigenvalue weighted by Crippen LogP contribution is -2.48. The number of carbonyl (C=O) groups is 3. The first-order valence-electron chi connectivity index (χ1n) is 12.6. The quantitative estimate of drug-likeness (QED) is 0.262. The van der Waals surface area contributed by atoms with Gasteiger partial charge >= 0.3 is 18.1 Å². The predicted octanol–water partition coefficient (Wildman–Crippen LogP) is 3.32. The molecule has 2 atom stereocenters. The summed E-state index contributed by atoms with van der Waals surface area (Å²) in [6.45, 7) is 4.69. The van der Waals surface area contributed by atoms with Crippen molar-refractivity contribution in [2.45, 2.75) is 57.4 Å². The number of nitrogens with one attached hydrogen (secondary N) is 3. The Morgan fingerprint density at radius 3 is 2.51 bits per heavy atom. The summed E-state index contributed by atoms with van der Waals surface area (Å²) in [5.74, 6) is -4.54. The summed E-state index contributed by atoms with van der Waals surface area (Å²) >= 11 is 0. The van der Waals surface area contributed by atoms with Gasteiger partial charge in [0, 0.05) is 12.2 Å². The summed E-state index contributed by atoms with van der Waals surface area (Å²) in [5, 5.41) is 26.1. The van der Waals surface area contributed by atoms with Crippen molar-refractivity contribution in [2.24, 2.45) is 0 Å². The van der Waals surface area contributed by atoms with Gasteiger partial charge in [0.05, 0.1) is 25.2 Å². The molecule has 5 N–H and O–H groups in total. The monoisotopic (exact) mass is 558 g/mol. The van der Waals surface area contributed by atoms with E-state index in [1.165, 1.54) is 23.8 Å². The molecule has 1 aromatic carbocycles. The number of amides is 1. The highest BCUT2D eigenvalue weighted by molar-refractivity contribution is 5.79. The molecule has 0 bridgehead atoms. The maximum atomic E-state index is 13.6. The minimum Gasteiger partial charge on any atom is -0.481 e. The lowest BCUT2D eigenvalue weighted by Gasteiger charge is -2.33. The molecular formula is C26H34F4N4O5. The number of carboxylic acid groups (broad SMARTS) is 2. The highest BCUT2D eigenvalue weighted by Gasteiger charge is 2.38. The number of fused-ring (bicyclic) bond motifs is 1. The summed E-state index contributed by atoms with van der Waals surface area (Å²) in [6.07, 6.45) is 3.08. The molecule has 3 rings (SSSR count). The van der Waals surface area contributed by atoms with Crippen LogP contribution in [0.4, 0.5) is 17.6 Å². The molecule has 1 aromatic rings. The standard InChI is InChI=1S/C24H33FN4O3.C2HF3O2/c1-2-12-29(13-10-20-9-8-17-6-4-11-26-24(17)27-20)16-22(30)28-21(15-23(31)32)18-5-3-7-19(25)14-18;3-2(4,5)1(6)7/h3,5,7-9,14,21,24,26-27H,2,4,6,10-13,15-16H2,1H3,(H,28,30)(H,31,32);(H,6,7)/t21-,24?;/m0./s1. The molecule has 2 aliphatic rings. The van der Waals surface area contributed by atoms with Gasteiger partial charge in [0.2, 0.25) is 5.91 Å². The molecule has 9 nitrogen and oxygen atoms in total. The third kappa shape index (κ3) is 11.4. The second kappa shape index (κ2) is 15.2. The van der Waals surface area contributed by atoms with E-state index in [0.29, 0.717) is 12.1 Å². The fraction of sp³-hybridized carbons (Fsp3) is 0.500. The summed E-state index contributed by atoms with van der Waals surface area (Å²) in [6, 6.07) is 4.92. The lowest BCUT2D eigenvalue weighted by molar-refractivity contribution is -0.192. The number of hydrogen-bond donors (Lipinski definition) is 5. The molecule has 0 radical (unpaired) electrons. The Morgan fingerprint density at radius 1 is 1.18 bits per heavy atom. The first kappa shape index (κ1) is 31.8. The number of allylic oxidation sites excluding steroid dienone is 2. The van der Waals surface area contributed by atoms with Gasteiger partial charge in [-0.25, -0.2) is 9.18 Å². The maximum Gasteiger partial charge on any atom is 0.490 e. The summed E-state index contributed by atoms with van der Waals surface area (Å²) in [7, 11) is 0. The predicted molar refractivity (Wildman–Crippen MR) is 135 cm³/mol. The summed E-state index contributed by atoms with van der Waals surface area (Å²) in [4.78, 5) is 35.0. The van der Waals surface area contributed by atoms with Crippen molar-refractivity contribution in [3.63, 3.8) is 0 Å². The van der Waals surface area contributed by atoms with E-state index >= 15 is 0 Å². The number of rotatable bonds is 11. The van der Waals surface area contributed by atoms with Crippen molar-refractivity contribution in [1.82, 2.24) is 20.9 Å². The van der Waals surface area contributed by atoms with Crippen molar-refractivity contribution in [3.05, 3.63) is 59.1 Å². The molecule has 2 heterocycles. The maximum absolute atomic E-state index is 13.6. The van der Waals surface area contributed by atoms with Gasteiger partial charge in [0.1, 0.15) is 5.82 Å². The zero-order chi connectivity index (χ0) is 29.0. The minimum absolute atomic E-state index is 0.162. The van der Waals surface area contributed by atoms with E-state index in [1.54, 1.807) is 6.07 Å². The molecule has 0 spiro atoms. The van der Waals surface area contributed by atoms with Crippen LogP contribution in [0, 0.1) is 5.82 Å². The Balaban J connectivity index is 0.000000673. The van der Waals surface area contributed by atoms with Gasteiger partial charge in [-0.05, 0) is 68.1 Å². The fourth-order valence-corrected chi connectivity index (χ4v) is 4.19. The number of nitrogens with zero attached hydrogens (tertiary/aromatic N) is 1. The Bertz CT molecular complexity index is 1060. The van der Waals surface area contributed by atoms with Crippen LogP contribution < -0.4 is 16.0 Å². The number of dihydropyridines is 1. The van der Waals surface area contributed by atoms with Gasteiger partial charge in [0.25, 0.3) is 0 Å². The zero-order valence-corrected chi connectivity index (χ0v) is 21.6. The molecule has 1 saturated heterocycles. The first-order chi connectivity index (χ1) is 18.4. The molecule has 1 amide bonds. The number of piperidine rings is 1. The first-order valence-corrected chi connectivity index (χ1v) is 12.6. The van der Waals surface area contributed by atoms with Crippen LogP contribution in [0.25, 0.3) is 0 Å². The topological polar surface area (TPSA) is 131 Å². The van der Waals surface area contributed by atoms with E-state index in [0.717, 1.165) is 44.5 Å². The number of aliphatic carboxylic acids is 2. The van der Waals surface area contributed by atoms with Crippen LogP contribution in [0.2, 0.25) is 0 Å². The third-order valence-electron chi connectivity index (χ3n) is 6.00. The normalized spacial score (nSPS) is 17.4. The van der Waals surface area contributed by atoms with Gasteiger partial charge in [-0.1, -0.05) is 25.1 Å². The molecule has 0 aliphatic carbocycles. The SMILES string of the molecule is CCCN(CCC1=CC=C2CCCNC2N1)CC(=O)N[C@@H](CC(=O)O)c1cccc(F)c1.O=C(O)C(F)(F)F. The average molecular weight is 559 g/mol. The lowest BCUT2D eigenvalue weighted by atomic mass is 9.99. The minimum atomic E-state index is -5.08. The van der Waals surface area contributed by atoms with Gasteiger partial charge in [0.15, 0.2) is 0 Å². The molecule has 0 saturated carbocycles. The summed E-state index contributed by atoms with van der Waals surface area (Å²) in [5.41, 5.74) is 2.96. The van der Waals surface area contributed by atoms with Crippen LogP contribution in [0.5, 0.6) is 0 Å². The van der Waals surface area contributed by atoms with E-state index in [2.05, 4.69) is 39.9 Å². The Labute approximate surface area is 223 Å². The number of halogens is 4. The van der Waals surface area contributed by atoms with Crippen LogP contribution >= 0.6 is 0 Å². The molecule has 216 valence electrons. The summed E-state index contributed by atoms with van der Waals surface area (Å²) < 4.78 is 45.3. The van der Waals surface area contributed by atoms with Crippen molar-refractivity contribution in [1.29, 1.82) is 0 Å². The molecule has 13 heteroatoms. The Morgan fingerprint density at radius 2 is 1.90 bits per heavy atom. The van der Waals surface area contributed by atoms with Crippen LogP contribution in [0.1, 0.15) is 50.6 Å². The number of hydrogen-bond acceptors (Lipinski definition) is 6. The number of carbonyl (C=O) groups excluding carboxylic acids is 1. The van der Waals surface area contributed by atoms with E-state index < -0.39 is 30.0 Å². The highest BCUT2D eigenvalue weighted by Crippen LogP contribution is 2.20. The Hall–Kier alpha value is -3.45. The van der Waals surface area contributed by atoms with Gasteiger partial charge < -0.3 is 20.8 Å². The van der Waals surface area contributed by atoms with Crippen molar-refractivity contribution < 1.29 is 42.2 Å². The molecule has 1 unspecified atom stereocenters. The van der Waals surface area contributed by atoms with Crippen molar-refractivity contribution in [3.8, 4) is 0 Å². The van der Waals surface area contributed by atoms with Crippen LogP contribution in [0.3, 0.4) is 0 Å². The fourth-order valence-electron chi connectivity index (χ4n) is 4.19. The smallest absolute Gasteiger partial charge is 0.481 e. The second-order valence-corrected chi connectivity index (χ2v) is 9.17. The van der Waals surface area contributed by atoms with Crippen LogP contribution in [0.15, 0.2) is 47.7 Å². The molecule has 1 fully saturated rings. The molecular weight excluding hydrogens is 524 g/mol. The zero-order valence-electron chi connectivity index (χ0n) is 21.6. The van der Waals surface area contributed by atoms with E-state index in [4.69, 9.17) is 9.90 Å². The van der Waals surface area contributed by atoms with Crippen molar-refractivity contribution in [2.75, 3.05) is 26.2 Å². The largest absolute Gasteiger partial charge is 0.490 e. The van der Waals surface area contributed by atoms with Gasteiger partial charge in [-0.2, -0.15) is 13.2 Å². The van der Waals surface area contributed by atoms with Crippen LogP contribution in [-0.2, 0) is 14.4 Å². The number of benzene rings is 1. The second-order valence-electron chi connectivity index (χ2n) is 9.17. The van der Waals surface area contributed by atoms with Gasteiger partial charge in [-0.15, -0.1) is 0 Å². The van der Waals surface area contributed by atoms with Crippen LogP contribution in [-0.4, -0.2) is 71.5 Å². The van der Waals surface area contributed by atoms with E-state index in [-0.39, 0.29) is 25.0 Å². The van der Waals surface area contributed by atoms with Gasteiger partial charge in [-0.3, -0.25) is 19.8 Å². The molecule has 39 heavy (non-hydrogen) atoms. The van der Waals surface area contributed by atoms with E-state index in [1.807, 2.05) is 0 Å². The average Bonchev–Trinajstić information content (AvgIpc) is 2.86. The Kier molecular flexibility index (Phi) is 12.4. The highest BCUT2D eigenvalue weighted by atomic mass is 19.4. The van der Waals surface area contributed by atoms with Crippen molar-refractivity contribution >= 4 is 17.8 Å². The van der Waals surface area contributed by atoms with E-state index in [9.17, 15) is 32.3 Å².